The lowest BCUT2D eigenvalue weighted by atomic mass is 10.1. The van der Waals surface area contributed by atoms with Crippen LogP contribution >= 0.6 is 0 Å². The number of halogens is 1. The first-order chi connectivity index (χ1) is 12.6. The summed E-state index contributed by atoms with van der Waals surface area (Å²) in [6.45, 7) is 2.39. The van der Waals surface area contributed by atoms with E-state index in [4.69, 9.17) is 4.52 Å². The number of hydrogen-bond acceptors (Lipinski definition) is 4. The van der Waals surface area contributed by atoms with Gasteiger partial charge >= 0.3 is 0 Å². The number of aryl methyl sites for hydroxylation is 1. The summed E-state index contributed by atoms with van der Waals surface area (Å²) in [7, 11) is 0. The van der Waals surface area contributed by atoms with Crippen molar-refractivity contribution in [3.63, 3.8) is 0 Å². The van der Waals surface area contributed by atoms with Crippen molar-refractivity contribution < 1.29 is 13.7 Å². The molecule has 2 aromatic carbocycles. The predicted octanol–water partition coefficient (Wildman–Crippen LogP) is 4.05. The van der Waals surface area contributed by atoms with Crippen LogP contribution in [-0.4, -0.2) is 20.9 Å². The molecule has 1 saturated heterocycles. The van der Waals surface area contributed by atoms with Crippen molar-refractivity contribution in [3.8, 4) is 11.4 Å². The molecule has 1 aliphatic heterocycles. The van der Waals surface area contributed by atoms with Gasteiger partial charge in [-0.05, 0) is 36.6 Å². The number of aromatic nitrogens is 2. The van der Waals surface area contributed by atoms with Gasteiger partial charge in [0.15, 0.2) is 0 Å². The van der Waals surface area contributed by atoms with Gasteiger partial charge in [-0.1, -0.05) is 41.6 Å². The van der Waals surface area contributed by atoms with Crippen molar-refractivity contribution in [1.82, 2.24) is 15.0 Å². The van der Waals surface area contributed by atoms with E-state index in [1.165, 1.54) is 12.1 Å². The largest absolute Gasteiger partial charge is 0.337 e. The lowest BCUT2D eigenvalue weighted by molar-refractivity contribution is -0.129. The van der Waals surface area contributed by atoms with Crippen molar-refractivity contribution >= 4 is 5.91 Å². The Morgan fingerprint density at radius 2 is 1.96 bits per heavy atom. The van der Waals surface area contributed by atoms with E-state index in [2.05, 4.69) is 10.1 Å². The highest BCUT2D eigenvalue weighted by Gasteiger charge is 2.36. The van der Waals surface area contributed by atoms with Crippen LogP contribution in [0, 0.1) is 12.7 Å². The minimum absolute atomic E-state index is 0.0370. The molecule has 0 saturated carbocycles. The number of likely N-dealkylation sites (tertiary alicyclic amines) is 1. The molecule has 0 radical (unpaired) electrons. The molecule has 132 valence electrons. The van der Waals surface area contributed by atoms with Gasteiger partial charge in [0.05, 0.1) is 0 Å². The number of benzene rings is 2. The van der Waals surface area contributed by atoms with Crippen LogP contribution in [0.2, 0.25) is 0 Å². The molecular weight excluding hydrogens is 333 g/mol. The fraction of sp³-hybridized carbons (Fsp3) is 0.250. The zero-order chi connectivity index (χ0) is 18.1. The predicted molar refractivity (Wildman–Crippen MR) is 93.4 cm³/mol. The third kappa shape index (κ3) is 3.10. The second-order valence-corrected chi connectivity index (χ2v) is 6.47. The van der Waals surface area contributed by atoms with Crippen molar-refractivity contribution in [2.75, 3.05) is 0 Å². The number of carbonyl (C=O) groups excluding carboxylic acids is 1. The molecular formula is C20H18FN3O2. The van der Waals surface area contributed by atoms with Gasteiger partial charge in [-0.15, -0.1) is 0 Å². The maximum Gasteiger partial charge on any atom is 0.249 e. The summed E-state index contributed by atoms with van der Waals surface area (Å²) < 4.78 is 18.6. The number of hydrogen-bond donors (Lipinski definition) is 0. The molecule has 1 aromatic heterocycles. The first-order valence-corrected chi connectivity index (χ1v) is 8.55. The summed E-state index contributed by atoms with van der Waals surface area (Å²) in [6.07, 6.45) is 1.07. The molecule has 1 fully saturated rings. The fourth-order valence-electron chi connectivity index (χ4n) is 3.28. The smallest absolute Gasteiger partial charge is 0.249 e. The summed E-state index contributed by atoms with van der Waals surface area (Å²) >= 11 is 0. The zero-order valence-corrected chi connectivity index (χ0v) is 14.4. The molecule has 5 nitrogen and oxygen atoms in total. The van der Waals surface area contributed by atoms with Gasteiger partial charge in [-0.3, -0.25) is 4.79 Å². The van der Waals surface area contributed by atoms with E-state index < -0.39 is 0 Å². The molecule has 1 amide bonds. The molecule has 0 spiro atoms. The molecule has 1 atom stereocenters. The van der Waals surface area contributed by atoms with Gasteiger partial charge in [0.2, 0.25) is 17.6 Å². The lowest BCUT2D eigenvalue weighted by Gasteiger charge is -2.22. The number of nitrogens with zero attached hydrogens (tertiary/aromatic N) is 3. The van der Waals surface area contributed by atoms with Gasteiger partial charge in [0, 0.05) is 18.5 Å². The average molecular weight is 351 g/mol. The van der Waals surface area contributed by atoms with Crippen molar-refractivity contribution in [1.29, 1.82) is 0 Å². The quantitative estimate of drug-likeness (QED) is 0.711. The van der Waals surface area contributed by atoms with Gasteiger partial charge in [-0.25, -0.2) is 4.39 Å². The highest BCUT2D eigenvalue weighted by Crippen LogP contribution is 2.34. The number of amides is 1. The highest BCUT2D eigenvalue weighted by molar-refractivity contribution is 5.78. The van der Waals surface area contributed by atoms with E-state index in [1.807, 2.05) is 31.2 Å². The molecule has 2 heterocycles. The Morgan fingerprint density at radius 3 is 2.73 bits per heavy atom. The summed E-state index contributed by atoms with van der Waals surface area (Å²) in [6, 6.07) is 13.7. The summed E-state index contributed by atoms with van der Waals surface area (Å²) in [5, 5.41) is 4.10. The maximum atomic E-state index is 13.1. The summed E-state index contributed by atoms with van der Waals surface area (Å²) in [5.74, 6) is 0.711. The SMILES string of the molecule is Cc1ccccc1-c1noc(C2CCC(=O)N2Cc2ccc(F)cc2)n1. The van der Waals surface area contributed by atoms with Crippen LogP contribution in [0.3, 0.4) is 0 Å². The molecule has 0 aliphatic carbocycles. The van der Waals surface area contributed by atoms with Crippen LogP contribution in [0.1, 0.15) is 35.9 Å². The Labute approximate surface area is 150 Å². The van der Waals surface area contributed by atoms with E-state index in [1.54, 1.807) is 17.0 Å². The van der Waals surface area contributed by atoms with Crippen LogP contribution in [0.5, 0.6) is 0 Å². The minimum atomic E-state index is -0.294. The standard InChI is InChI=1S/C20H18FN3O2/c1-13-4-2-3-5-16(13)19-22-20(26-23-19)17-10-11-18(25)24(17)12-14-6-8-15(21)9-7-14/h2-9,17H,10-12H2,1H3. The van der Waals surface area contributed by atoms with E-state index in [9.17, 15) is 9.18 Å². The van der Waals surface area contributed by atoms with Crippen LogP contribution in [0.15, 0.2) is 53.1 Å². The molecule has 0 bridgehead atoms. The van der Waals surface area contributed by atoms with Crippen LogP contribution in [0.25, 0.3) is 11.4 Å². The molecule has 6 heteroatoms. The van der Waals surface area contributed by atoms with E-state index in [0.717, 1.165) is 16.7 Å². The Hall–Kier alpha value is -3.02. The van der Waals surface area contributed by atoms with Gasteiger partial charge < -0.3 is 9.42 Å². The number of carbonyl (C=O) groups is 1. The molecule has 26 heavy (non-hydrogen) atoms. The van der Waals surface area contributed by atoms with Crippen molar-refractivity contribution in [2.24, 2.45) is 0 Å². The Kier molecular flexibility index (Phi) is 4.24. The maximum absolute atomic E-state index is 13.1. The highest BCUT2D eigenvalue weighted by atomic mass is 19.1. The summed E-state index contributed by atoms with van der Waals surface area (Å²) in [4.78, 5) is 18.6. The molecule has 1 unspecified atom stereocenters. The molecule has 3 aromatic rings. The third-order valence-corrected chi connectivity index (χ3v) is 4.71. The lowest BCUT2D eigenvalue weighted by Crippen LogP contribution is -2.27. The van der Waals surface area contributed by atoms with E-state index >= 15 is 0 Å². The third-order valence-electron chi connectivity index (χ3n) is 4.71. The Balaban J connectivity index is 1.59. The molecule has 1 aliphatic rings. The Morgan fingerprint density at radius 1 is 1.19 bits per heavy atom. The second-order valence-electron chi connectivity index (χ2n) is 6.47. The van der Waals surface area contributed by atoms with E-state index in [0.29, 0.717) is 31.1 Å². The van der Waals surface area contributed by atoms with Gasteiger partial charge in [0.25, 0.3) is 0 Å². The molecule has 0 N–H and O–H groups in total. The van der Waals surface area contributed by atoms with Crippen LogP contribution < -0.4 is 0 Å². The minimum Gasteiger partial charge on any atom is -0.337 e. The second kappa shape index (κ2) is 6.71. The number of rotatable bonds is 4. The monoisotopic (exact) mass is 351 g/mol. The summed E-state index contributed by atoms with van der Waals surface area (Å²) in [5.41, 5.74) is 2.84. The fourth-order valence-corrected chi connectivity index (χ4v) is 3.28. The normalized spacial score (nSPS) is 17.1. The first-order valence-electron chi connectivity index (χ1n) is 8.55. The van der Waals surface area contributed by atoms with Crippen molar-refractivity contribution in [3.05, 3.63) is 71.4 Å². The van der Waals surface area contributed by atoms with Crippen molar-refractivity contribution in [2.45, 2.75) is 32.4 Å². The van der Waals surface area contributed by atoms with Gasteiger partial charge in [-0.2, -0.15) is 4.98 Å². The Bertz CT molecular complexity index is 936. The topological polar surface area (TPSA) is 59.2 Å². The zero-order valence-electron chi connectivity index (χ0n) is 14.4. The van der Waals surface area contributed by atoms with Gasteiger partial charge in [0.1, 0.15) is 11.9 Å². The molecule has 4 rings (SSSR count). The first kappa shape index (κ1) is 16.4. The average Bonchev–Trinajstić information content (AvgIpc) is 3.25. The van der Waals surface area contributed by atoms with Crippen LogP contribution in [0.4, 0.5) is 4.39 Å². The van der Waals surface area contributed by atoms with E-state index in [-0.39, 0.29) is 17.8 Å². The van der Waals surface area contributed by atoms with Crippen LogP contribution in [-0.2, 0) is 11.3 Å².